The molecule has 2 aromatic carbocycles. The van der Waals surface area contributed by atoms with Crippen LogP contribution in [0.1, 0.15) is 44.4 Å². The Balaban J connectivity index is 1.99. The van der Waals surface area contributed by atoms with E-state index in [9.17, 15) is 19.8 Å². The average molecular weight is 440 g/mol. The molecule has 2 aromatic rings. The fourth-order valence-electron chi connectivity index (χ4n) is 3.70. The molecule has 0 bridgehead atoms. The van der Waals surface area contributed by atoms with Gasteiger partial charge < -0.3 is 24.6 Å². The number of ketones is 1. The molecule has 0 radical (unpaired) electrons. The number of aliphatic hydroxyl groups is 1. The monoisotopic (exact) mass is 439 g/mol. The molecule has 7 heteroatoms. The topological polar surface area (TPSA) is 96.3 Å². The lowest BCUT2D eigenvalue weighted by Crippen LogP contribution is -2.31. The molecule has 1 fully saturated rings. The average Bonchev–Trinajstić information content (AvgIpc) is 3.02. The van der Waals surface area contributed by atoms with Crippen molar-refractivity contribution in [1.82, 2.24) is 4.90 Å². The first-order valence-corrected chi connectivity index (χ1v) is 10.8. The molecule has 1 heterocycles. The molecule has 7 nitrogen and oxygen atoms in total. The minimum absolute atomic E-state index is 0.0228. The third-order valence-electron chi connectivity index (χ3n) is 5.18. The lowest BCUT2D eigenvalue weighted by atomic mass is 9.95. The molecule has 170 valence electrons. The van der Waals surface area contributed by atoms with Crippen LogP contribution in [0.15, 0.2) is 54.1 Å². The predicted octanol–water partition coefficient (Wildman–Crippen LogP) is 4.03. The van der Waals surface area contributed by atoms with Crippen LogP contribution < -0.4 is 4.74 Å². The summed E-state index contributed by atoms with van der Waals surface area (Å²) in [7, 11) is 0. The van der Waals surface area contributed by atoms with E-state index in [2.05, 4.69) is 0 Å². The van der Waals surface area contributed by atoms with Crippen molar-refractivity contribution in [2.75, 3.05) is 19.8 Å². The summed E-state index contributed by atoms with van der Waals surface area (Å²) in [5, 5.41) is 20.7. The van der Waals surface area contributed by atoms with E-state index in [-0.39, 0.29) is 23.2 Å². The van der Waals surface area contributed by atoms with E-state index in [1.54, 1.807) is 36.4 Å². The number of hydrogen-bond donors (Lipinski definition) is 2. The van der Waals surface area contributed by atoms with Gasteiger partial charge in [-0.05, 0) is 69.2 Å². The van der Waals surface area contributed by atoms with Gasteiger partial charge in [0.15, 0.2) is 0 Å². The molecular formula is C25H29NO6. The van der Waals surface area contributed by atoms with Gasteiger partial charge in [0.05, 0.1) is 24.3 Å². The highest BCUT2D eigenvalue weighted by atomic mass is 16.5. The highest BCUT2D eigenvalue weighted by Gasteiger charge is 2.45. The fraction of sp³-hybridized carbons (Fsp3) is 0.360. The van der Waals surface area contributed by atoms with E-state index in [1.807, 2.05) is 20.8 Å². The number of likely N-dealkylation sites (tertiary alicyclic amines) is 1. The lowest BCUT2D eigenvalue weighted by molar-refractivity contribution is -0.140. The van der Waals surface area contributed by atoms with Crippen LogP contribution in [0.4, 0.5) is 0 Å². The Bertz CT molecular complexity index is 978. The van der Waals surface area contributed by atoms with Crippen molar-refractivity contribution in [3.05, 3.63) is 65.2 Å². The van der Waals surface area contributed by atoms with Crippen molar-refractivity contribution in [2.45, 2.75) is 39.3 Å². The maximum Gasteiger partial charge on any atom is 0.295 e. The number of phenolic OH excluding ortho intramolecular Hbond substituents is 1. The lowest BCUT2D eigenvalue weighted by Gasteiger charge is -2.25. The molecule has 0 spiro atoms. The molecular weight excluding hydrogens is 410 g/mol. The quantitative estimate of drug-likeness (QED) is 0.265. The summed E-state index contributed by atoms with van der Waals surface area (Å²) in [5.74, 6) is -0.933. The highest BCUT2D eigenvalue weighted by Crippen LogP contribution is 2.40. The minimum Gasteiger partial charge on any atom is -0.508 e. The number of carbonyl (C=O) groups excluding carboxylic acids is 2. The SMILES string of the molecule is CCOc1ccc(C(O)=C2C(=O)C(=O)N(CCCOC(C)C)[C@@H]2c2ccc(O)cc2)cc1. The van der Waals surface area contributed by atoms with E-state index >= 15 is 0 Å². The van der Waals surface area contributed by atoms with Crippen molar-refractivity contribution < 1.29 is 29.3 Å². The number of carbonyl (C=O) groups is 2. The van der Waals surface area contributed by atoms with Crippen LogP contribution in [0.25, 0.3) is 5.76 Å². The van der Waals surface area contributed by atoms with E-state index in [0.717, 1.165) is 0 Å². The van der Waals surface area contributed by atoms with Gasteiger partial charge in [0.25, 0.3) is 11.7 Å². The van der Waals surface area contributed by atoms with Crippen LogP contribution in [-0.2, 0) is 14.3 Å². The van der Waals surface area contributed by atoms with Gasteiger partial charge in [-0.25, -0.2) is 0 Å². The minimum atomic E-state index is -0.763. The molecule has 3 rings (SSSR count). The molecule has 1 saturated heterocycles. The van der Waals surface area contributed by atoms with E-state index in [4.69, 9.17) is 9.47 Å². The zero-order chi connectivity index (χ0) is 23.3. The Morgan fingerprint density at radius 3 is 2.31 bits per heavy atom. The van der Waals surface area contributed by atoms with Gasteiger partial charge >= 0.3 is 0 Å². The summed E-state index contributed by atoms with van der Waals surface area (Å²) in [6, 6.07) is 12.2. The zero-order valence-electron chi connectivity index (χ0n) is 18.6. The number of benzene rings is 2. The van der Waals surface area contributed by atoms with Crippen molar-refractivity contribution in [2.24, 2.45) is 0 Å². The van der Waals surface area contributed by atoms with Crippen molar-refractivity contribution >= 4 is 17.4 Å². The Hall–Kier alpha value is -3.32. The number of ether oxygens (including phenoxy) is 2. The molecule has 32 heavy (non-hydrogen) atoms. The molecule has 0 saturated carbocycles. The molecule has 1 amide bonds. The third-order valence-corrected chi connectivity index (χ3v) is 5.18. The summed E-state index contributed by atoms with van der Waals surface area (Å²) < 4.78 is 11.0. The summed E-state index contributed by atoms with van der Waals surface area (Å²) >= 11 is 0. The van der Waals surface area contributed by atoms with Gasteiger partial charge in [-0.3, -0.25) is 9.59 Å². The summed E-state index contributed by atoms with van der Waals surface area (Å²) in [4.78, 5) is 27.3. The van der Waals surface area contributed by atoms with Crippen molar-refractivity contribution in [3.63, 3.8) is 0 Å². The normalized spacial score (nSPS) is 17.9. The Kier molecular flexibility index (Phi) is 7.53. The van der Waals surface area contributed by atoms with Crippen molar-refractivity contribution in [1.29, 1.82) is 0 Å². The van der Waals surface area contributed by atoms with E-state index in [0.29, 0.717) is 43.1 Å². The Morgan fingerprint density at radius 2 is 1.72 bits per heavy atom. The molecule has 1 aliphatic rings. The van der Waals surface area contributed by atoms with Gasteiger partial charge in [-0.1, -0.05) is 12.1 Å². The van der Waals surface area contributed by atoms with Gasteiger partial charge in [-0.15, -0.1) is 0 Å². The van der Waals surface area contributed by atoms with Crippen LogP contribution in [0.2, 0.25) is 0 Å². The number of Topliss-reactive ketones (excluding diaryl/α,β-unsaturated/α-hetero) is 1. The molecule has 2 N–H and O–H groups in total. The van der Waals surface area contributed by atoms with Crippen molar-refractivity contribution in [3.8, 4) is 11.5 Å². The summed E-state index contributed by atoms with van der Waals surface area (Å²) in [6.45, 7) is 6.99. The van der Waals surface area contributed by atoms with Gasteiger partial charge in [-0.2, -0.15) is 0 Å². The standard InChI is InChI=1S/C25H29NO6/c1-4-31-20-12-8-18(9-13-20)23(28)21-22(17-6-10-19(27)11-7-17)26(25(30)24(21)29)14-5-15-32-16(2)3/h6-13,16,22,27-28H,4-5,14-15H2,1-3H3/t22-/m1/s1. The maximum atomic E-state index is 13.0. The Morgan fingerprint density at radius 1 is 1.06 bits per heavy atom. The molecule has 0 aromatic heterocycles. The van der Waals surface area contributed by atoms with Crippen LogP contribution >= 0.6 is 0 Å². The van der Waals surface area contributed by atoms with E-state index < -0.39 is 17.7 Å². The third kappa shape index (κ3) is 5.11. The number of hydrogen-bond acceptors (Lipinski definition) is 6. The predicted molar refractivity (Wildman–Crippen MR) is 120 cm³/mol. The summed E-state index contributed by atoms with van der Waals surface area (Å²) in [6.07, 6.45) is 0.612. The second kappa shape index (κ2) is 10.3. The first kappa shape index (κ1) is 23.3. The largest absolute Gasteiger partial charge is 0.508 e. The summed E-state index contributed by atoms with van der Waals surface area (Å²) in [5.41, 5.74) is 1.06. The second-order valence-electron chi connectivity index (χ2n) is 7.81. The van der Waals surface area contributed by atoms with E-state index in [1.165, 1.54) is 17.0 Å². The number of nitrogens with zero attached hydrogens (tertiary/aromatic N) is 1. The number of aliphatic hydroxyl groups excluding tert-OH is 1. The molecule has 1 aliphatic heterocycles. The number of phenols is 1. The molecule has 0 unspecified atom stereocenters. The first-order chi connectivity index (χ1) is 15.3. The zero-order valence-corrected chi connectivity index (χ0v) is 18.6. The van der Waals surface area contributed by atoms with Crippen LogP contribution in [-0.4, -0.2) is 52.7 Å². The molecule has 1 atom stereocenters. The van der Waals surface area contributed by atoms with Crippen LogP contribution in [0.5, 0.6) is 11.5 Å². The fourth-order valence-corrected chi connectivity index (χ4v) is 3.70. The van der Waals surface area contributed by atoms with Crippen LogP contribution in [0, 0.1) is 0 Å². The second-order valence-corrected chi connectivity index (χ2v) is 7.81. The number of amides is 1. The molecule has 0 aliphatic carbocycles. The highest BCUT2D eigenvalue weighted by molar-refractivity contribution is 6.46. The van der Waals surface area contributed by atoms with Crippen LogP contribution in [0.3, 0.4) is 0 Å². The number of aromatic hydroxyl groups is 1. The van der Waals surface area contributed by atoms with Gasteiger partial charge in [0.2, 0.25) is 0 Å². The number of rotatable bonds is 9. The maximum absolute atomic E-state index is 13.0. The smallest absolute Gasteiger partial charge is 0.295 e. The Labute approximate surface area is 187 Å². The van der Waals surface area contributed by atoms with Gasteiger partial charge in [0, 0.05) is 18.7 Å². The van der Waals surface area contributed by atoms with Gasteiger partial charge in [0.1, 0.15) is 17.3 Å². The first-order valence-electron chi connectivity index (χ1n) is 10.8.